The van der Waals surface area contributed by atoms with E-state index in [1.54, 1.807) is 23.8 Å². The molecular formula is C19H13N2O4S2+. The quantitative estimate of drug-likeness (QED) is 0.282. The molecule has 0 fully saturated rings. The van der Waals surface area contributed by atoms with Crippen LogP contribution in [-0.4, -0.2) is 17.9 Å². The minimum Gasteiger partial charge on any atom is -0.496 e. The third-order valence-electron chi connectivity index (χ3n) is 4.08. The van der Waals surface area contributed by atoms with Gasteiger partial charge >= 0.3 is 10.2 Å². The molecule has 0 bridgehead atoms. The molecule has 0 unspecified atom stereocenters. The number of hydrogen-bond donors (Lipinski definition) is 0. The molecule has 2 aromatic carbocycles. The highest BCUT2D eigenvalue weighted by Gasteiger charge is 2.41. The third-order valence-corrected chi connectivity index (χ3v) is 6.22. The molecular weight excluding hydrogens is 384 g/mol. The fourth-order valence-corrected chi connectivity index (χ4v) is 4.99. The molecule has 0 saturated heterocycles. The number of nitro benzene ring substituents is 1. The predicted molar refractivity (Wildman–Crippen MR) is 104 cm³/mol. The topological polar surface area (TPSA) is 73.3 Å². The van der Waals surface area contributed by atoms with E-state index in [9.17, 15) is 14.9 Å². The number of fused-ring (bicyclic) bond motifs is 1. The van der Waals surface area contributed by atoms with Crippen LogP contribution in [0.1, 0.15) is 10.4 Å². The SMILES string of the molecule is COc1ccccc1/C=C1\Sc2scc(-c3cccc([N+](=O)[O-])c3)[n+]2C1=O. The van der Waals surface area contributed by atoms with Crippen LogP contribution in [0.4, 0.5) is 5.69 Å². The summed E-state index contributed by atoms with van der Waals surface area (Å²) in [6.07, 6.45) is 1.81. The van der Waals surface area contributed by atoms with Gasteiger partial charge in [-0.05, 0) is 18.2 Å². The van der Waals surface area contributed by atoms with E-state index < -0.39 is 4.92 Å². The van der Waals surface area contributed by atoms with Crippen LogP contribution in [-0.2, 0) is 0 Å². The van der Waals surface area contributed by atoms with Crippen molar-refractivity contribution in [3.63, 3.8) is 0 Å². The smallest absolute Gasteiger partial charge is 0.433 e. The monoisotopic (exact) mass is 397 g/mol. The van der Waals surface area contributed by atoms with Gasteiger partial charge in [-0.25, -0.2) is 4.79 Å². The van der Waals surface area contributed by atoms with Crippen molar-refractivity contribution in [3.8, 4) is 17.0 Å². The first-order valence-electron chi connectivity index (χ1n) is 7.94. The molecule has 1 aliphatic heterocycles. The second-order valence-corrected chi connectivity index (χ2v) is 7.83. The Hall–Kier alpha value is -2.97. The number of non-ortho nitro benzene ring substituents is 1. The summed E-state index contributed by atoms with van der Waals surface area (Å²) in [4.78, 5) is 24.2. The van der Waals surface area contributed by atoms with E-state index in [1.165, 1.54) is 35.2 Å². The van der Waals surface area contributed by atoms with E-state index in [2.05, 4.69) is 0 Å². The van der Waals surface area contributed by atoms with Crippen molar-refractivity contribution >= 4 is 40.8 Å². The lowest BCUT2D eigenvalue weighted by Crippen LogP contribution is -2.40. The van der Waals surface area contributed by atoms with Gasteiger partial charge in [0.25, 0.3) is 5.69 Å². The van der Waals surface area contributed by atoms with E-state index >= 15 is 0 Å². The van der Waals surface area contributed by atoms with Crippen molar-refractivity contribution in [2.24, 2.45) is 0 Å². The van der Waals surface area contributed by atoms with Crippen LogP contribution in [0, 0.1) is 10.1 Å². The average molecular weight is 397 g/mol. The number of nitro groups is 1. The number of aromatic nitrogens is 1. The van der Waals surface area contributed by atoms with Crippen LogP contribution in [0.2, 0.25) is 0 Å². The zero-order chi connectivity index (χ0) is 19.0. The Morgan fingerprint density at radius 3 is 2.78 bits per heavy atom. The summed E-state index contributed by atoms with van der Waals surface area (Å²) in [5.41, 5.74) is 2.11. The first-order valence-corrected chi connectivity index (χ1v) is 9.64. The van der Waals surface area contributed by atoms with Gasteiger partial charge in [0.15, 0.2) is 0 Å². The highest BCUT2D eigenvalue weighted by atomic mass is 32.2. The molecule has 0 aliphatic carbocycles. The van der Waals surface area contributed by atoms with E-state index in [4.69, 9.17) is 4.74 Å². The molecule has 0 saturated carbocycles. The van der Waals surface area contributed by atoms with Gasteiger partial charge in [-0.15, -0.1) is 4.57 Å². The summed E-state index contributed by atoms with van der Waals surface area (Å²) < 4.78 is 7.77. The molecule has 0 atom stereocenters. The second kappa shape index (κ2) is 6.98. The molecule has 134 valence electrons. The number of carbonyl (C=O) groups is 1. The standard InChI is InChI=1S/C19H13N2O4S2/c1-25-16-8-3-2-5-13(16)10-17-18(22)20-15(11-26-19(20)27-17)12-6-4-7-14(9-12)21(23)24/h2-11H,1H3/q+1/b17-10-. The Morgan fingerprint density at radius 1 is 1.19 bits per heavy atom. The van der Waals surface area contributed by atoms with Crippen molar-refractivity contribution in [2.75, 3.05) is 7.11 Å². The van der Waals surface area contributed by atoms with Crippen molar-refractivity contribution in [2.45, 2.75) is 4.34 Å². The van der Waals surface area contributed by atoms with Crippen molar-refractivity contribution in [1.29, 1.82) is 0 Å². The molecule has 2 heterocycles. The third kappa shape index (κ3) is 3.13. The zero-order valence-electron chi connectivity index (χ0n) is 14.1. The van der Waals surface area contributed by atoms with Gasteiger partial charge in [0.05, 0.1) is 23.0 Å². The minimum atomic E-state index is -0.440. The van der Waals surface area contributed by atoms with Crippen LogP contribution >= 0.6 is 23.1 Å². The Kier molecular flexibility index (Phi) is 4.51. The summed E-state index contributed by atoms with van der Waals surface area (Å²) in [7, 11) is 1.59. The summed E-state index contributed by atoms with van der Waals surface area (Å²) in [5, 5.41) is 12.9. The normalized spacial score (nSPS) is 14.4. The summed E-state index contributed by atoms with van der Waals surface area (Å²) in [6, 6.07) is 13.8. The number of ether oxygens (including phenoxy) is 1. The van der Waals surface area contributed by atoms with E-state index in [-0.39, 0.29) is 11.6 Å². The Balaban J connectivity index is 1.74. The molecule has 8 heteroatoms. The number of thiazole rings is 1. The lowest BCUT2D eigenvalue weighted by Gasteiger charge is -2.03. The maximum Gasteiger partial charge on any atom is 0.433 e. The molecule has 27 heavy (non-hydrogen) atoms. The molecule has 0 N–H and O–H groups in total. The number of benzene rings is 2. The van der Waals surface area contributed by atoms with Gasteiger partial charge in [0.2, 0.25) is 5.69 Å². The fraction of sp³-hybridized carbons (Fsp3) is 0.0526. The predicted octanol–water partition coefficient (Wildman–Crippen LogP) is 4.41. The van der Waals surface area contributed by atoms with Crippen molar-refractivity contribution in [1.82, 2.24) is 0 Å². The molecule has 6 nitrogen and oxygen atoms in total. The van der Waals surface area contributed by atoms with Crippen LogP contribution in [0.25, 0.3) is 17.3 Å². The number of thioether (sulfide) groups is 1. The molecule has 1 aromatic heterocycles. The number of carbonyl (C=O) groups excluding carboxylic acids is 1. The number of allylic oxidation sites excluding steroid dienone is 1. The lowest BCUT2D eigenvalue weighted by atomic mass is 10.1. The molecule has 4 rings (SSSR count). The average Bonchev–Trinajstić information content (AvgIpc) is 3.23. The molecule has 3 aromatic rings. The summed E-state index contributed by atoms with van der Waals surface area (Å²) >= 11 is 2.83. The van der Waals surface area contributed by atoms with E-state index in [1.807, 2.05) is 35.7 Å². The van der Waals surface area contributed by atoms with Gasteiger partial charge in [-0.3, -0.25) is 10.1 Å². The van der Waals surface area contributed by atoms with Crippen molar-refractivity contribution < 1.29 is 19.0 Å². The van der Waals surface area contributed by atoms with Gasteiger partial charge in [-0.2, -0.15) is 0 Å². The lowest BCUT2D eigenvalue weighted by molar-refractivity contribution is -0.588. The van der Waals surface area contributed by atoms with Gasteiger partial charge in [-0.1, -0.05) is 35.6 Å². The van der Waals surface area contributed by atoms with Crippen LogP contribution < -0.4 is 9.30 Å². The molecule has 1 aliphatic rings. The largest absolute Gasteiger partial charge is 0.496 e. The first-order chi connectivity index (χ1) is 13.1. The van der Waals surface area contributed by atoms with Gasteiger partial charge < -0.3 is 4.74 Å². The van der Waals surface area contributed by atoms with E-state index in [0.717, 1.165) is 9.90 Å². The Labute approximate surface area is 162 Å². The minimum absolute atomic E-state index is 0.00376. The summed E-state index contributed by atoms with van der Waals surface area (Å²) in [6.45, 7) is 0. The number of hydrogen-bond acceptors (Lipinski definition) is 6. The maximum absolute atomic E-state index is 13.0. The zero-order valence-corrected chi connectivity index (χ0v) is 15.8. The fourth-order valence-electron chi connectivity index (χ4n) is 2.81. The Morgan fingerprint density at radius 2 is 2.00 bits per heavy atom. The highest BCUT2D eigenvalue weighted by molar-refractivity contribution is 8.05. The Bertz CT molecular complexity index is 1100. The number of para-hydroxylation sites is 1. The van der Waals surface area contributed by atoms with Crippen LogP contribution in [0.15, 0.2) is 63.2 Å². The number of nitrogens with zero attached hydrogens (tertiary/aromatic N) is 2. The van der Waals surface area contributed by atoms with Gasteiger partial charge in [0.1, 0.15) is 10.7 Å². The highest BCUT2D eigenvalue weighted by Crippen LogP contribution is 2.39. The summed E-state index contributed by atoms with van der Waals surface area (Å²) in [5.74, 6) is 0.543. The van der Waals surface area contributed by atoms with Crippen LogP contribution in [0.5, 0.6) is 5.75 Å². The second-order valence-electron chi connectivity index (χ2n) is 5.69. The van der Waals surface area contributed by atoms with E-state index in [0.29, 0.717) is 21.9 Å². The molecule has 0 radical (unpaired) electrons. The van der Waals surface area contributed by atoms with Crippen LogP contribution in [0.3, 0.4) is 0 Å². The van der Waals surface area contributed by atoms with Crippen molar-refractivity contribution in [3.05, 3.63) is 74.5 Å². The molecule has 0 amide bonds. The number of rotatable bonds is 4. The number of methoxy groups -OCH3 is 1. The maximum atomic E-state index is 13.0. The van der Waals surface area contributed by atoms with Gasteiger partial charge in [0, 0.05) is 29.5 Å². The first kappa shape index (κ1) is 17.4. The molecule has 0 spiro atoms.